The van der Waals surface area contributed by atoms with Crippen molar-refractivity contribution >= 4 is 29.1 Å². The first kappa shape index (κ1) is 19.6. The number of aryl methyl sites for hydroxylation is 1. The van der Waals surface area contributed by atoms with Gasteiger partial charge in [-0.3, -0.25) is 9.59 Å². The van der Waals surface area contributed by atoms with Crippen molar-refractivity contribution in [1.29, 1.82) is 0 Å². The third kappa shape index (κ3) is 5.39. The van der Waals surface area contributed by atoms with Gasteiger partial charge in [0.1, 0.15) is 17.9 Å². The summed E-state index contributed by atoms with van der Waals surface area (Å²) in [5.41, 5.74) is 2.49. The molecular formula is C19H21ClN2O4. The highest BCUT2D eigenvalue weighted by atomic mass is 35.5. The Bertz CT molecular complexity index is 791. The molecule has 138 valence electrons. The molecule has 0 fully saturated rings. The Morgan fingerprint density at radius 1 is 1.00 bits per heavy atom. The lowest BCUT2D eigenvalue weighted by Gasteiger charge is -2.13. The van der Waals surface area contributed by atoms with Crippen molar-refractivity contribution in [3.05, 3.63) is 52.5 Å². The molecule has 0 spiro atoms. The summed E-state index contributed by atoms with van der Waals surface area (Å²) in [6.45, 7) is 2.36. The van der Waals surface area contributed by atoms with Crippen LogP contribution in [0.2, 0.25) is 5.02 Å². The summed E-state index contributed by atoms with van der Waals surface area (Å²) in [5, 5.41) is 5.71. The fraction of sp³-hybridized carbons (Fsp3) is 0.263. The second-order valence-corrected chi connectivity index (χ2v) is 6.08. The Morgan fingerprint density at radius 3 is 2.27 bits per heavy atom. The second-order valence-electron chi connectivity index (χ2n) is 5.67. The van der Waals surface area contributed by atoms with Crippen LogP contribution in [0.5, 0.6) is 11.5 Å². The maximum absolute atomic E-state index is 12.1. The Morgan fingerprint density at radius 2 is 1.65 bits per heavy atom. The van der Waals surface area contributed by atoms with Crippen molar-refractivity contribution < 1.29 is 19.1 Å². The number of nitrogens with one attached hydrogen (secondary N) is 2. The van der Waals surface area contributed by atoms with E-state index in [0.717, 1.165) is 11.1 Å². The average Bonchev–Trinajstić information content (AvgIpc) is 2.62. The fourth-order valence-electron chi connectivity index (χ4n) is 2.27. The predicted molar refractivity (Wildman–Crippen MR) is 101 cm³/mol. The SMILES string of the molecule is COc1cc(NC(=O)CC(=O)NCc2ccc(C)cc2)c(OC)cc1Cl. The summed E-state index contributed by atoms with van der Waals surface area (Å²) in [7, 11) is 2.93. The summed E-state index contributed by atoms with van der Waals surface area (Å²) in [6, 6.07) is 10.9. The number of hydrogen-bond donors (Lipinski definition) is 2. The highest BCUT2D eigenvalue weighted by Crippen LogP contribution is 2.35. The van der Waals surface area contributed by atoms with Crippen molar-refractivity contribution in [1.82, 2.24) is 5.32 Å². The van der Waals surface area contributed by atoms with Crippen molar-refractivity contribution in [3.63, 3.8) is 0 Å². The highest BCUT2D eigenvalue weighted by Gasteiger charge is 2.15. The van der Waals surface area contributed by atoms with Gasteiger partial charge in [0.05, 0.1) is 24.9 Å². The van der Waals surface area contributed by atoms with Gasteiger partial charge >= 0.3 is 0 Å². The van der Waals surface area contributed by atoms with Crippen LogP contribution in [0.4, 0.5) is 5.69 Å². The summed E-state index contributed by atoms with van der Waals surface area (Å²) in [5.74, 6) is -0.0622. The first-order chi connectivity index (χ1) is 12.4. The van der Waals surface area contributed by atoms with E-state index in [1.807, 2.05) is 31.2 Å². The lowest BCUT2D eigenvalue weighted by molar-refractivity contribution is -0.126. The van der Waals surface area contributed by atoms with Gasteiger partial charge in [0, 0.05) is 18.7 Å². The molecule has 0 aromatic heterocycles. The highest BCUT2D eigenvalue weighted by molar-refractivity contribution is 6.32. The number of amides is 2. The average molecular weight is 377 g/mol. The first-order valence-corrected chi connectivity index (χ1v) is 8.34. The van der Waals surface area contributed by atoms with Gasteiger partial charge in [-0.25, -0.2) is 0 Å². The zero-order valence-electron chi connectivity index (χ0n) is 14.9. The van der Waals surface area contributed by atoms with Gasteiger partial charge in [-0.15, -0.1) is 0 Å². The van der Waals surface area contributed by atoms with Gasteiger partial charge in [-0.05, 0) is 12.5 Å². The molecule has 0 aliphatic heterocycles. The van der Waals surface area contributed by atoms with Crippen LogP contribution in [0.1, 0.15) is 17.5 Å². The maximum atomic E-state index is 12.1. The molecule has 0 saturated carbocycles. The summed E-state index contributed by atoms with van der Waals surface area (Å²) in [4.78, 5) is 24.1. The Hall–Kier alpha value is -2.73. The van der Waals surface area contributed by atoms with Gasteiger partial charge in [-0.1, -0.05) is 41.4 Å². The molecule has 0 radical (unpaired) electrons. The van der Waals surface area contributed by atoms with Crippen LogP contribution in [-0.4, -0.2) is 26.0 Å². The molecule has 0 aliphatic rings. The minimum Gasteiger partial charge on any atom is -0.495 e. The minimum absolute atomic E-state index is 0.306. The van der Waals surface area contributed by atoms with Crippen LogP contribution in [0.15, 0.2) is 36.4 Å². The molecule has 2 N–H and O–H groups in total. The molecule has 0 bridgehead atoms. The maximum Gasteiger partial charge on any atom is 0.233 e. The molecule has 2 aromatic rings. The normalized spacial score (nSPS) is 10.2. The Kier molecular flexibility index (Phi) is 6.86. The van der Waals surface area contributed by atoms with E-state index in [2.05, 4.69) is 10.6 Å². The Labute approximate surface area is 157 Å². The van der Waals surface area contributed by atoms with Crippen LogP contribution in [0.25, 0.3) is 0 Å². The number of methoxy groups -OCH3 is 2. The number of halogens is 1. The van der Waals surface area contributed by atoms with E-state index in [-0.39, 0.29) is 12.3 Å². The number of rotatable bonds is 7. The summed E-state index contributed by atoms with van der Waals surface area (Å²) in [6.07, 6.45) is -0.306. The molecule has 2 amide bonds. The van der Waals surface area contributed by atoms with Gasteiger partial charge in [0.25, 0.3) is 0 Å². The summed E-state index contributed by atoms with van der Waals surface area (Å²) < 4.78 is 10.3. The van der Waals surface area contributed by atoms with E-state index in [1.54, 1.807) is 6.07 Å². The molecule has 0 aliphatic carbocycles. The molecule has 2 rings (SSSR count). The monoisotopic (exact) mass is 376 g/mol. The third-order valence-electron chi connectivity index (χ3n) is 3.68. The van der Waals surface area contributed by atoms with E-state index < -0.39 is 5.91 Å². The second kappa shape index (κ2) is 9.10. The molecule has 0 atom stereocenters. The lowest BCUT2D eigenvalue weighted by atomic mass is 10.1. The van der Waals surface area contributed by atoms with Crippen LogP contribution in [-0.2, 0) is 16.1 Å². The molecule has 7 heteroatoms. The first-order valence-electron chi connectivity index (χ1n) is 7.96. The fourth-order valence-corrected chi connectivity index (χ4v) is 2.50. The standard InChI is InChI=1S/C19H21ClN2O4/c1-12-4-6-13(7-5-12)11-21-18(23)10-19(24)22-15-9-16(25-2)14(20)8-17(15)26-3/h4-9H,10-11H2,1-3H3,(H,21,23)(H,22,24). The molecule has 2 aromatic carbocycles. The smallest absolute Gasteiger partial charge is 0.233 e. The van der Waals surface area contributed by atoms with Crippen molar-refractivity contribution in [2.24, 2.45) is 0 Å². The molecule has 0 unspecified atom stereocenters. The number of carbonyl (C=O) groups is 2. The van der Waals surface area contributed by atoms with Gasteiger partial charge in [-0.2, -0.15) is 0 Å². The van der Waals surface area contributed by atoms with Crippen molar-refractivity contribution in [3.8, 4) is 11.5 Å². The zero-order chi connectivity index (χ0) is 19.1. The summed E-state index contributed by atoms with van der Waals surface area (Å²) >= 11 is 6.03. The predicted octanol–water partition coefficient (Wildman–Crippen LogP) is 3.31. The van der Waals surface area contributed by atoms with Crippen molar-refractivity contribution in [2.75, 3.05) is 19.5 Å². The third-order valence-corrected chi connectivity index (χ3v) is 3.97. The number of anilines is 1. The van der Waals surface area contributed by atoms with E-state index in [0.29, 0.717) is 28.8 Å². The quantitative estimate of drug-likeness (QED) is 0.727. The molecule has 0 heterocycles. The van der Waals surface area contributed by atoms with Crippen molar-refractivity contribution in [2.45, 2.75) is 19.9 Å². The van der Waals surface area contributed by atoms with E-state index in [1.165, 1.54) is 20.3 Å². The number of ether oxygens (including phenoxy) is 2. The van der Waals surface area contributed by atoms with Crippen LogP contribution in [0.3, 0.4) is 0 Å². The molecular weight excluding hydrogens is 356 g/mol. The van der Waals surface area contributed by atoms with E-state index in [9.17, 15) is 9.59 Å². The zero-order valence-corrected chi connectivity index (χ0v) is 15.6. The molecule has 0 saturated heterocycles. The van der Waals surface area contributed by atoms with E-state index in [4.69, 9.17) is 21.1 Å². The number of benzene rings is 2. The molecule has 26 heavy (non-hydrogen) atoms. The van der Waals surface area contributed by atoms with Crippen LogP contribution < -0.4 is 20.1 Å². The Balaban J connectivity index is 1.93. The largest absolute Gasteiger partial charge is 0.495 e. The molecule has 6 nitrogen and oxygen atoms in total. The minimum atomic E-state index is -0.464. The van der Waals surface area contributed by atoms with Crippen LogP contribution >= 0.6 is 11.6 Å². The van der Waals surface area contributed by atoms with Gasteiger partial charge in [0.2, 0.25) is 11.8 Å². The number of hydrogen-bond acceptors (Lipinski definition) is 4. The van der Waals surface area contributed by atoms with Gasteiger partial charge < -0.3 is 20.1 Å². The number of carbonyl (C=O) groups excluding carboxylic acids is 2. The van der Waals surface area contributed by atoms with Gasteiger partial charge in [0.15, 0.2) is 0 Å². The van der Waals surface area contributed by atoms with Crippen LogP contribution in [0, 0.1) is 6.92 Å². The topological polar surface area (TPSA) is 76.7 Å². The van der Waals surface area contributed by atoms with E-state index >= 15 is 0 Å². The lowest BCUT2D eigenvalue weighted by Crippen LogP contribution is -2.27.